The lowest BCUT2D eigenvalue weighted by molar-refractivity contribution is -0.138. The Morgan fingerprint density at radius 1 is 1.13 bits per heavy atom. The Labute approximate surface area is 217 Å². The Kier molecular flexibility index (Phi) is 6.99. The topological polar surface area (TPSA) is 71.8 Å². The molecule has 1 aliphatic rings. The minimum absolute atomic E-state index is 0.0408. The van der Waals surface area contributed by atoms with Crippen LogP contribution >= 0.6 is 0 Å². The fourth-order valence-corrected chi connectivity index (χ4v) is 4.48. The van der Waals surface area contributed by atoms with Crippen LogP contribution in [0.25, 0.3) is 16.6 Å². The molecule has 0 saturated heterocycles. The predicted molar refractivity (Wildman–Crippen MR) is 142 cm³/mol. The maximum Gasteiger partial charge on any atom is 0.416 e. The van der Waals surface area contributed by atoms with Gasteiger partial charge in [-0.1, -0.05) is 42.3 Å². The van der Waals surface area contributed by atoms with E-state index in [1.54, 1.807) is 13.0 Å². The molecular weight excluding hydrogens is 491 g/mol. The minimum Gasteiger partial charge on any atom is -0.324 e. The van der Waals surface area contributed by atoms with E-state index in [0.29, 0.717) is 5.39 Å². The van der Waals surface area contributed by atoms with Crippen LogP contribution in [-0.4, -0.2) is 27.6 Å². The lowest BCUT2D eigenvalue weighted by Crippen LogP contribution is -2.25. The number of hydrogen-bond donors (Lipinski definition) is 2. The van der Waals surface area contributed by atoms with Crippen molar-refractivity contribution in [3.63, 3.8) is 0 Å². The number of alkyl halides is 3. The molecule has 9 heteroatoms. The molecule has 0 radical (unpaired) electrons. The van der Waals surface area contributed by atoms with Gasteiger partial charge in [0, 0.05) is 23.8 Å². The Balaban J connectivity index is 1.53. The molecule has 0 unspecified atom stereocenters. The highest BCUT2D eigenvalue weighted by Gasteiger charge is 2.33. The third-order valence-electron chi connectivity index (χ3n) is 6.31. The molecule has 0 fully saturated rings. The molecule has 0 spiro atoms. The Morgan fingerprint density at radius 2 is 1.92 bits per heavy atom. The second-order valence-electron chi connectivity index (χ2n) is 8.84. The molecule has 2 aromatic heterocycles. The first-order valence-electron chi connectivity index (χ1n) is 12.1. The maximum atomic E-state index is 13.7. The minimum atomic E-state index is -4.56. The van der Waals surface area contributed by atoms with Gasteiger partial charge in [-0.2, -0.15) is 18.2 Å². The summed E-state index contributed by atoms with van der Waals surface area (Å²) in [5.41, 5.74) is 2.17. The quantitative estimate of drug-likeness (QED) is 0.351. The van der Waals surface area contributed by atoms with E-state index < -0.39 is 17.3 Å². The van der Waals surface area contributed by atoms with Gasteiger partial charge in [0.05, 0.1) is 17.7 Å². The largest absolute Gasteiger partial charge is 0.416 e. The van der Waals surface area contributed by atoms with Crippen LogP contribution in [0.3, 0.4) is 0 Å². The normalized spacial score (nSPS) is 13.5. The van der Waals surface area contributed by atoms with Crippen molar-refractivity contribution in [2.75, 3.05) is 18.4 Å². The molecule has 0 atom stereocenters. The number of benzene rings is 2. The summed E-state index contributed by atoms with van der Waals surface area (Å²) >= 11 is 0. The fraction of sp³-hybridized carbons (Fsp3) is 0.207. The Hall–Kier alpha value is -4.42. The van der Waals surface area contributed by atoms with Gasteiger partial charge < -0.3 is 10.6 Å². The van der Waals surface area contributed by atoms with Gasteiger partial charge in [-0.25, -0.2) is 4.98 Å². The molecule has 3 heterocycles. The molecule has 4 aromatic rings. The molecule has 2 N–H and O–H groups in total. The molecule has 6 nitrogen and oxygen atoms in total. The highest BCUT2D eigenvalue weighted by Crippen LogP contribution is 2.32. The van der Waals surface area contributed by atoms with E-state index in [2.05, 4.69) is 38.5 Å². The molecule has 0 aliphatic carbocycles. The average molecular weight is 516 g/mol. The highest BCUT2D eigenvalue weighted by molar-refractivity contribution is 5.78. The zero-order valence-electron chi connectivity index (χ0n) is 20.6. The third kappa shape index (κ3) is 5.31. The van der Waals surface area contributed by atoms with Crippen molar-refractivity contribution in [2.24, 2.45) is 0 Å². The summed E-state index contributed by atoms with van der Waals surface area (Å²) in [4.78, 5) is 22.2. The molecule has 5 rings (SSSR count). The van der Waals surface area contributed by atoms with Crippen LogP contribution in [0.1, 0.15) is 35.6 Å². The van der Waals surface area contributed by atoms with Crippen molar-refractivity contribution in [3.8, 4) is 11.8 Å². The van der Waals surface area contributed by atoms with E-state index in [1.807, 2.05) is 24.3 Å². The molecule has 0 saturated carbocycles. The monoisotopic (exact) mass is 515 g/mol. The van der Waals surface area contributed by atoms with Crippen molar-refractivity contribution in [3.05, 3.63) is 99.5 Å². The van der Waals surface area contributed by atoms with E-state index in [9.17, 15) is 18.0 Å². The van der Waals surface area contributed by atoms with Crippen molar-refractivity contribution < 1.29 is 13.2 Å². The number of nitrogens with one attached hydrogen (secondary N) is 2. The van der Waals surface area contributed by atoms with E-state index in [0.717, 1.165) is 36.8 Å². The Morgan fingerprint density at radius 3 is 2.63 bits per heavy atom. The SMILES string of the molecule is CC#Cc1cc2cnc(Nc3ccc(C4=CCNCC4)cc3)nc2n(Cc2ccccc2C(F)(F)F)c1=O. The average Bonchev–Trinajstić information content (AvgIpc) is 2.92. The van der Waals surface area contributed by atoms with Gasteiger partial charge in [0.15, 0.2) is 0 Å². The molecule has 192 valence electrons. The number of rotatable bonds is 5. The van der Waals surface area contributed by atoms with Crippen molar-refractivity contribution >= 4 is 28.2 Å². The van der Waals surface area contributed by atoms with E-state index in [-0.39, 0.29) is 29.3 Å². The summed E-state index contributed by atoms with van der Waals surface area (Å²) in [5.74, 6) is 5.65. The number of hydrogen-bond acceptors (Lipinski definition) is 5. The van der Waals surface area contributed by atoms with E-state index >= 15 is 0 Å². The van der Waals surface area contributed by atoms with Gasteiger partial charge in [0.2, 0.25) is 5.95 Å². The molecule has 0 bridgehead atoms. The van der Waals surface area contributed by atoms with Gasteiger partial charge in [0.25, 0.3) is 5.56 Å². The first-order valence-corrected chi connectivity index (χ1v) is 12.1. The summed E-state index contributed by atoms with van der Waals surface area (Å²) in [6.07, 6.45) is 0.103. The molecule has 2 aromatic carbocycles. The second-order valence-corrected chi connectivity index (χ2v) is 8.84. The molecule has 0 amide bonds. The number of anilines is 2. The van der Waals surface area contributed by atoms with E-state index in [1.165, 1.54) is 34.5 Å². The van der Waals surface area contributed by atoms with Crippen LogP contribution < -0.4 is 16.2 Å². The van der Waals surface area contributed by atoms with Crippen LogP contribution in [-0.2, 0) is 12.7 Å². The zero-order chi connectivity index (χ0) is 26.7. The number of fused-ring (bicyclic) bond motifs is 1. The lowest BCUT2D eigenvalue weighted by Gasteiger charge is -2.16. The summed E-state index contributed by atoms with van der Waals surface area (Å²) in [5, 5.41) is 6.92. The van der Waals surface area contributed by atoms with E-state index in [4.69, 9.17) is 0 Å². The lowest BCUT2D eigenvalue weighted by atomic mass is 10.0. The molecular formula is C29H24F3N5O. The number of aromatic nitrogens is 3. The molecule has 38 heavy (non-hydrogen) atoms. The van der Waals surface area contributed by atoms with Crippen molar-refractivity contribution in [2.45, 2.75) is 26.1 Å². The van der Waals surface area contributed by atoms with Crippen LogP contribution in [0.4, 0.5) is 24.8 Å². The van der Waals surface area contributed by atoms with Gasteiger partial charge in [-0.15, -0.1) is 5.92 Å². The first-order chi connectivity index (χ1) is 18.3. The third-order valence-corrected chi connectivity index (χ3v) is 6.31. The van der Waals surface area contributed by atoms with Crippen LogP contribution in [0.5, 0.6) is 0 Å². The first kappa shape index (κ1) is 25.2. The van der Waals surface area contributed by atoms with Gasteiger partial charge in [0.1, 0.15) is 5.65 Å². The second kappa shape index (κ2) is 10.5. The summed E-state index contributed by atoms with van der Waals surface area (Å²) in [6.45, 7) is 3.06. The standard InChI is InChI=1S/C29H24F3N5O/c1-2-5-21-16-23-17-34-28(35-24-10-8-19(9-11-24)20-12-14-33-15-13-20)36-26(23)37(27(21)38)18-22-6-3-4-7-25(22)29(30,31)32/h3-4,6-12,16-17,33H,13-15,18H2,1H3,(H,34,35,36). The van der Waals surface area contributed by atoms with Crippen LogP contribution in [0, 0.1) is 11.8 Å². The smallest absolute Gasteiger partial charge is 0.324 e. The van der Waals surface area contributed by atoms with Crippen molar-refractivity contribution in [1.29, 1.82) is 0 Å². The van der Waals surface area contributed by atoms with Gasteiger partial charge in [-0.05, 0) is 60.9 Å². The van der Waals surface area contributed by atoms with Gasteiger partial charge >= 0.3 is 6.18 Å². The highest BCUT2D eigenvalue weighted by atomic mass is 19.4. The van der Waals surface area contributed by atoms with Crippen LogP contribution in [0.2, 0.25) is 0 Å². The zero-order valence-corrected chi connectivity index (χ0v) is 20.6. The molecule has 1 aliphatic heterocycles. The predicted octanol–water partition coefficient (Wildman–Crippen LogP) is 5.35. The maximum absolute atomic E-state index is 13.7. The Bertz CT molecular complexity index is 1640. The number of halogens is 3. The summed E-state index contributed by atoms with van der Waals surface area (Å²) in [7, 11) is 0. The fourth-order valence-electron chi connectivity index (χ4n) is 4.48. The van der Waals surface area contributed by atoms with Crippen molar-refractivity contribution in [1.82, 2.24) is 19.9 Å². The van der Waals surface area contributed by atoms with Crippen LogP contribution in [0.15, 0.2) is 71.7 Å². The van der Waals surface area contributed by atoms with Gasteiger partial charge in [-0.3, -0.25) is 9.36 Å². The summed E-state index contributed by atoms with van der Waals surface area (Å²) < 4.78 is 42.2. The summed E-state index contributed by atoms with van der Waals surface area (Å²) in [6, 6.07) is 14.6. The number of pyridine rings is 1. The number of nitrogens with zero attached hydrogens (tertiary/aromatic N) is 3.